The van der Waals surface area contributed by atoms with Crippen molar-refractivity contribution >= 4 is 17.7 Å². The summed E-state index contributed by atoms with van der Waals surface area (Å²) in [5.74, 6) is 0.644. The molecule has 22 heavy (non-hydrogen) atoms. The maximum Gasteiger partial charge on any atom is 0.313 e. The van der Waals surface area contributed by atoms with E-state index in [1.165, 1.54) is 0 Å². The first-order valence-corrected chi connectivity index (χ1v) is 7.97. The molecule has 1 aromatic heterocycles. The van der Waals surface area contributed by atoms with E-state index in [2.05, 4.69) is 10.2 Å². The van der Waals surface area contributed by atoms with Gasteiger partial charge in [-0.25, -0.2) is 0 Å². The van der Waals surface area contributed by atoms with Gasteiger partial charge in [0.05, 0.1) is 5.75 Å². The molecule has 6 nitrogen and oxygen atoms in total. The van der Waals surface area contributed by atoms with Crippen molar-refractivity contribution in [3.8, 4) is 5.75 Å². The van der Waals surface area contributed by atoms with Crippen LogP contribution in [0.5, 0.6) is 5.75 Å². The maximum absolute atomic E-state index is 10.7. The third-order valence-electron chi connectivity index (χ3n) is 3.19. The highest BCUT2D eigenvalue weighted by Gasteiger charge is 2.14. The molecule has 0 atom stereocenters. The fourth-order valence-electron chi connectivity index (χ4n) is 2.14. The van der Waals surface area contributed by atoms with Crippen molar-refractivity contribution in [1.29, 1.82) is 0 Å². The lowest BCUT2D eigenvalue weighted by Gasteiger charge is -2.12. The summed E-state index contributed by atoms with van der Waals surface area (Å²) in [7, 11) is 0. The van der Waals surface area contributed by atoms with Gasteiger partial charge in [-0.15, -0.1) is 10.2 Å². The first kappa shape index (κ1) is 16.4. The molecular formula is C15H19N3O3S. The van der Waals surface area contributed by atoms with E-state index in [-0.39, 0.29) is 5.75 Å². The molecule has 0 aliphatic carbocycles. The zero-order chi connectivity index (χ0) is 16.1. The van der Waals surface area contributed by atoms with Gasteiger partial charge in [0.2, 0.25) is 0 Å². The molecule has 1 N–H and O–H groups in total. The zero-order valence-electron chi connectivity index (χ0n) is 12.9. The normalized spacial score (nSPS) is 10.7. The molecule has 0 aliphatic rings. The summed E-state index contributed by atoms with van der Waals surface area (Å²) >= 11 is 1.16. The molecule has 118 valence electrons. The lowest BCUT2D eigenvalue weighted by Crippen LogP contribution is -2.08. The highest BCUT2D eigenvalue weighted by molar-refractivity contribution is 7.99. The van der Waals surface area contributed by atoms with Crippen molar-refractivity contribution in [1.82, 2.24) is 14.8 Å². The van der Waals surface area contributed by atoms with Gasteiger partial charge in [0.15, 0.2) is 11.0 Å². The fourth-order valence-corrected chi connectivity index (χ4v) is 2.88. The smallest absolute Gasteiger partial charge is 0.313 e. The summed E-state index contributed by atoms with van der Waals surface area (Å²) < 4.78 is 7.76. The highest BCUT2D eigenvalue weighted by atomic mass is 32.2. The van der Waals surface area contributed by atoms with Crippen molar-refractivity contribution in [2.24, 2.45) is 0 Å². The van der Waals surface area contributed by atoms with E-state index in [1.54, 1.807) is 0 Å². The first-order valence-electron chi connectivity index (χ1n) is 6.98. The van der Waals surface area contributed by atoms with Gasteiger partial charge in [-0.05, 0) is 31.9 Å². The molecule has 0 unspecified atom stereocenters. The summed E-state index contributed by atoms with van der Waals surface area (Å²) in [5.41, 5.74) is 2.14. The van der Waals surface area contributed by atoms with Crippen molar-refractivity contribution in [3.05, 3.63) is 35.2 Å². The van der Waals surface area contributed by atoms with Crippen LogP contribution >= 0.6 is 11.8 Å². The van der Waals surface area contributed by atoms with E-state index in [0.717, 1.165) is 28.6 Å². The van der Waals surface area contributed by atoms with Crippen LogP contribution < -0.4 is 4.74 Å². The Morgan fingerprint density at radius 3 is 2.59 bits per heavy atom. The topological polar surface area (TPSA) is 77.2 Å². The van der Waals surface area contributed by atoms with E-state index in [4.69, 9.17) is 9.84 Å². The number of para-hydroxylation sites is 1. The van der Waals surface area contributed by atoms with E-state index in [0.29, 0.717) is 24.1 Å². The predicted molar refractivity (Wildman–Crippen MR) is 84.3 cm³/mol. The minimum absolute atomic E-state index is 0.0319. The molecule has 0 fully saturated rings. The molecule has 0 amide bonds. The molecule has 0 bridgehead atoms. The Kier molecular flexibility index (Phi) is 5.43. The monoisotopic (exact) mass is 321 g/mol. The van der Waals surface area contributed by atoms with Crippen LogP contribution in [-0.4, -0.2) is 31.6 Å². The molecule has 7 heteroatoms. The summed E-state index contributed by atoms with van der Waals surface area (Å²) in [6, 6.07) is 5.99. The number of aryl methyl sites for hydroxylation is 2. The third-order valence-corrected chi connectivity index (χ3v) is 4.14. The Morgan fingerprint density at radius 1 is 1.32 bits per heavy atom. The number of hydrogen-bond donors (Lipinski definition) is 1. The second-order valence-corrected chi connectivity index (χ2v) is 5.78. The predicted octanol–water partition coefficient (Wildman–Crippen LogP) is 2.67. The van der Waals surface area contributed by atoms with E-state index in [1.807, 2.05) is 43.5 Å². The zero-order valence-corrected chi connectivity index (χ0v) is 13.7. The quantitative estimate of drug-likeness (QED) is 0.790. The summed E-state index contributed by atoms with van der Waals surface area (Å²) in [5, 5.41) is 17.5. The van der Waals surface area contributed by atoms with Crippen LogP contribution in [0.15, 0.2) is 23.4 Å². The van der Waals surface area contributed by atoms with Crippen LogP contribution in [0.2, 0.25) is 0 Å². The Balaban J connectivity index is 2.11. The van der Waals surface area contributed by atoms with Crippen molar-refractivity contribution in [2.45, 2.75) is 39.1 Å². The largest absolute Gasteiger partial charge is 0.485 e. The van der Waals surface area contributed by atoms with E-state index < -0.39 is 5.97 Å². The van der Waals surface area contributed by atoms with Gasteiger partial charge in [0.1, 0.15) is 12.4 Å². The third kappa shape index (κ3) is 3.79. The van der Waals surface area contributed by atoms with Crippen LogP contribution in [0.25, 0.3) is 0 Å². The van der Waals surface area contributed by atoms with Gasteiger partial charge < -0.3 is 14.4 Å². The number of benzene rings is 1. The van der Waals surface area contributed by atoms with Gasteiger partial charge in [-0.3, -0.25) is 4.79 Å². The molecule has 1 aromatic carbocycles. The number of nitrogens with zero attached hydrogens (tertiary/aromatic N) is 3. The highest BCUT2D eigenvalue weighted by Crippen LogP contribution is 2.24. The number of carbonyl (C=O) groups is 1. The second kappa shape index (κ2) is 7.31. The summed E-state index contributed by atoms with van der Waals surface area (Å²) in [4.78, 5) is 10.7. The summed E-state index contributed by atoms with van der Waals surface area (Å²) in [6.45, 7) is 6.94. The van der Waals surface area contributed by atoms with Crippen molar-refractivity contribution in [3.63, 3.8) is 0 Å². The van der Waals surface area contributed by atoms with Crippen molar-refractivity contribution < 1.29 is 14.6 Å². The molecule has 1 heterocycles. The Labute approximate surface area is 133 Å². The fraction of sp³-hybridized carbons (Fsp3) is 0.400. The van der Waals surface area contributed by atoms with Gasteiger partial charge >= 0.3 is 5.97 Å². The molecule has 0 aliphatic heterocycles. The number of carboxylic acid groups (broad SMARTS) is 1. The van der Waals surface area contributed by atoms with Crippen LogP contribution in [0, 0.1) is 13.8 Å². The number of rotatable bonds is 7. The van der Waals surface area contributed by atoms with Gasteiger partial charge in [0, 0.05) is 6.54 Å². The average Bonchev–Trinajstić information content (AvgIpc) is 2.86. The van der Waals surface area contributed by atoms with Gasteiger partial charge in [0.25, 0.3) is 0 Å². The Bertz CT molecular complexity index is 650. The number of hydrogen-bond acceptors (Lipinski definition) is 5. The van der Waals surface area contributed by atoms with Crippen LogP contribution in [0.4, 0.5) is 0 Å². The summed E-state index contributed by atoms with van der Waals surface area (Å²) in [6.07, 6.45) is 0. The molecule has 0 saturated carbocycles. The second-order valence-electron chi connectivity index (χ2n) is 4.84. The van der Waals surface area contributed by atoms with E-state index >= 15 is 0 Å². The molecule has 0 spiro atoms. The van der Waals surface area contributed by atoms with E-state index in [9.17, 15) is 4.79 Å². The molecule has 2 aromatic rings. The van der Waals surface area contributed by atoms with Gasteiger partial charge in [-0.2, -0.15) is 0 Å². The average molecular weight is 321 g/mol. The minimum Gasteiger partial charge on any atom is -0.485 e. The molecule has 0 saturated heterocycles. The number of aliphatic carboxylic acids is 1. The lowest BCUT2D eigenvalue weighted by molar-refractivity contribution is -0.133. The standard InChI is InChI=1S/C15H19N3O3S/c1-4-18-12(16-17-15(18)22-9-13(19)20)8-21-14-10(2)6-5-7-11(14)3/h5-7H,4,8-9H2,1-3H3,(H,19,20). The molecular weight excluding hydrogens is 302 g/mol. The number of ether oxygens (including phenoxy) is 1. The first-order chi connectivity index (χ1) is 10.5. The Morgan fingerprint density at radius 2 is 2.00 bits per heavy atom. The molecule has 2 rings (SSSR count). The minimum atomic E-state index is -0.871. The number of thioether (sulfide) groups is 1. The lowest BCUT2D eigenvalue weighted by atomic mass is 10.1. The van der Waals surface area contributed by atoms with Gasteiger partial charge in [-0.1, -0.05) is 30.0 Å². The molecule has 0 radical (unpaired) electrons. The number of carboxylic acids is 1. The maximum atomic E-state index is 10.7. The number of aromatic nitrogens is 3. The van der Waals surface area contributed by atoms with Crippen LogP contribution in [0.3, 0.4) is 0 Å². The van der Waals surface area contributed by atoms with Crippen LogP contribution in [-0.2, 0) is 17.9 Å². The van der Waals surface area contributed by atoms with Crippen molar-refractivity contribution in [2.75, 3.05) is 5.75 Å². The SMILES string of the molecule is CCn1c(COc2c(C)cccc2C)nnc1SCC(=O)O. The van der Waals surface area contributed by atoms with Crippen LogP contribution in [0.1, 0.15) is 23.9 Å². The Hall–Kier alpha value is -2.02.